The van der Waals surface area contributed by atoms with E-state index >= 15 is 0 Å². The highest BCUT2D eigenvalue weighted by Crippen LogP contribution is 2.23. The van der Waals surface area contributed by atoms with E-state index < -0.39 is 29.4 Å². The molecule has 0 amide bonds. The molecule has 0 aromatic heterocycles. The van der Waals surface area contributed by atoms with Gasteiger partial charge in [-0.2, -0.15) is 5.48 Å². The van der Waals surface area contributed by atoms with Crippen molar-refractivity contribution in [2.24, 2.45) is 4.99 Å². The van der Waals surface area contributed by atoms with Crippen LogP contribution in [0, 0.1) is 31.3 Å². The van der Waals surface area contributed by atoms with Crippen LogP contribution in [0.5, 0.6) is 0 Å². The molecule has 29 heavy (non-hydrogen) atoms. The Hall–Kier alpha value is -2.91. The van der Waals surface area contributed by atoms with Crippen molar-refractivity contribution in [3.8, 4) is 0 Å². The minimum Gasteiger partial charge on any atom is -0.326 e. The fourth-order valence-corrected chi connectivity index (χ4v) is 2.84. The van der Waals surface area contributed by atoms with Crippen molar-refractivity contribution in [2.45, 2.75) is 26.6 Å². The van der Waals surface area contributed by atoms with Crippen LogP contribution in [0.4, 0.5) is 23.2 Å². The lowest BCUT2D eigenvalue weighted by atomic mass is 10.1. The smallest absolute Gasteiger partial charge is 0.205 e. The number of benzene rings is 2. The number of aliphatic imine (C=N–C) groups is 1. The van der Waals surface area contributed by atoms with Gasteiger partial charge in [0.25, 0.3) is 0 Å². The Bertz CT molecular complexity index is 954. The van der Waals surface area contributed by atoms with Gasteiger partial charge in [-0.3, -0.25) is 0 Å². The molecule has 154 valence electrons. The van der Waals surface area contributed by atoms with Crippen molar-refractivity contribution in [1.29, 1.82) is 0 Å². The van der Waals surface area contributed by atoms with Crippen molar-refractivity contribution in [3.63, 3.8) is 0 Å². The zero-order chi connectivity index (χ0) is 21.1. The van der Waals surface area contributed by atoms with Gasteiger partial charge in [0, 0.05) is 11.9 Å². The van der Waals surface area contributed by atoms with Crippen LogP contribution in [0.1, 0.15) is 16.7 Å². The zero-order valence-electron chi connectivity index (χ0n) is 16.1. The monoisotopic (exact) mass is 408 g/mol. The Morgan fingerprint density at radius 2 is 1.76 bits per heavy atom. The van der Waals surface area contributed by atoms with Crippen molar-refractivity contribution in [3.05, 3.63) is 76.5 Å². The number of halogens is 4. The van der Waals surface area contributed by atoms with Gasteiger partial charge in [-0.05, 0) is 48.7 Å². The molecule has 1 aliphatic heterocycles. The first-order valence-electron chi connectivity index (χ1n) is 8.76. The lowest BCUT2D eigenvalue weighted by Crippen LogP contribution is -2.41. The summed E-state index contributed by atoms with van der Waals surface area (Å²) in [6.07, 6.45) is 0.0432. The summed E-state index contributed by atoms with van der Waals surface area (Å²) in [6, 6.07) is 7.47. The van der Waals surface area contributed by atoms with Crippen molar-refractivity contribution in [1.82, 2.24) is 10.4 Å². The third-order valence-corrected chi connectivity index (χ3v) is 4.33. The van der Waals surface area contributed by atoms with Crippen LogP contribution in [0.15, 0.2) is 47.4 Å². The van der Waals surface area contributed by atoms with Gasteiger partial charge in [0.2, 0.25) is 5.96 Å². The maximum absolute atomic E-state index is 14.4. The van der Waals surface area contributed by atoms with E-state index in [1.807, 2.05) is 32.0 Å². The highest BCUT2D eigenvalue weighted by atomic mass is 19.2. The number of nitrogens with one attached hydrogen (secondary N) is 2. The normalized spacial score (nSPS) is 16.5. The number of rotatable bonds is 5. The third kappa shape index (κ3) is 4.75. The van der Waals surface area contributed by atoms with Crippen LogP contribution < -0.4 is 10.8 Å². The van der Waals surface area contributed by atoms with Gasteiger partial charge in [0.15, 0.2) is 29.4 Å². The number of hydroxylamine groups is 1. The average molecular weight is 408 g/mol. The van der Waals surface area contributed by atoms with E-state index in [1.54, 1.807) is 0 Å². The quantitative estimate of drug-likeness (QED) is 0.440. The average Bonchev–Trinajstić information content (AvgIpc) is 2.66. The Kier molecular flexibility index (Phi) is 6.19. The molecule has 0 radical (unpaired) electrons. The van der Waals surface area contributed by atoms with E-state index in [1.165, 1.54) is 12.0 Å². The molecule has 0 bridgehead atoms. The Morgan fingerprint density at radius 3 is 2.41 bits per heavy atom. The summed E-state index contributed by atoms with van der Waals surface area (Å²) in [4.78, 5) is 10.4. The van der Waals surface area contributed by atoms with E-state index in [0.717, 1.165) is 35.1 Å². The summed E-state index contributed by atoms with van der Waals surface area (Å²) in [5.74, 6) is -4.63. The lowest BCUT2D eigenvalue weighted by Gasteiger charge is -2.29. The minimum absolute atomic E-state index is 0.110. The third-order valence-electron chi connectivity index (χ3n) is 4.33. The van der Waals surface area contributed by atoms with Gasteiger partial charge in [0.1, 0.15) is 0 Å². The summed E-state index contributed by atoms with van der Waals surface area (Å²) in [6.45, 7) is 3.67. The Morgan fingerprint density at radius 1 is 1.07 bits per heavy atom. The fraction of sp³-hybridized carbons (Fsp3) is 0.250. The first-order valence-corrected chi connectivity index (χ1v) is 8.76. The van der Waals surface area contributed by atoms with Crippen LogP contribution in [-0.2, 0) is 11.4 Å². The predicted octanol–water partition coefficient (Wildman–Crippen LogP) is 4.29. The van der Waals surface area contributed by atoms with Crippen LogP contribution in [-0.4, -0.2) is 24.1 Å². The summed E-state index contributed by atoms with van der Waals surface area (Å²) in [7, 11) is 1.33. The number of aryl methyl sites for hydroxylation is 2. The summed E-state index contributed by atoms with van der Waals surface area (Å²) >= 11 is 0. The van der Waals surface area contributed by atoms with Crippen LogP contribution in [0.2, 0.25) is 0 Å². The Balaban J connectivity index is 1.94. The molecule has 3 rings (SSSR count). The molecule has 0 fully saturated rings. The number of guanidine groups is 1. The van der Waals surface area contributed by atoms with Crippen LogP contribution in [0.25, 0.3) is 0 Å². The number of hydrogen-bond donors (Lipinski definition) is 2. The molecule has 9 heteroatoms. The molecular formula is C20H20F4N4O. The summed E-state index contributed by atoms with van der Waals surface area (Å²) < 4.78 is 54.8. The molecule has 1 heterocycles. The minimum atomic E-state index is -1.55. The SMILES string of the molecule is CONC1N=C(Nc2cc(C)ccc2C)N(Cc2cc(F)c(F)c(F)c2)C=C1F. The molecule has 1 unspecified atom stereocenters. The first-order chi connectivity index (χ1) is 13.8. The van der Waals surface area contributed by atoms with Gasteiger partial charge in [-0.25, -0.2) is 22.6 Å². The molecule has 2 aromatic carbocycles. The standard InChI is InChI=1S/C20H20F4N4O/c1-11-4-5-12(2)17(6-11)25-20-26-19(27-29-3)16(23)10-28(20)9-13-7-14(21)18(24)15(22)8-13/h4-8,10,19,27H,9H2,1-3H3,(H,25,26). The first kappa shape index (κ1) is 20.8. The predicted molar refractivity (Wildman–Crippen MR) is 102 cm³/mol. The van der Waals surface area contributed by atoms with Crippen LogP contribution in [0.3, 0.4) is 0 Å². The second-order valence-corrected chi connectivity index (χ2v) is 6.64. The second-order valence-electron chi connectivity index (χ2n) is 6.64. The van der Waals surface area contributed by atoms with Gasteiger partial charge in [-0.1, -0.05) is 12.1 Å². The number of hydrogen-bond acceptors (Lipinski definition) is 5. The second kappa shape index (κ2) is 8.62. The van der Waals surface area contributed by atoms with E-state index in [4.69, 9.17) is 4.84 Å². The Labute approximate surface area is 165 Å². The van der Waals surface area contributed by atoms with E-state index in [0.29, 0.717) is 0 Å². The lowest BCUT2D eigenvalue weighted by molar-refractivity contribution is 0.0651. The molecule has 2 N–H and O–H groups in total. The summed E-state index contributed by atoms with van der Waals surface area (Å²) in [5, 5.41) is 3.12. The highest BCUT2D eigenvalue weighted by molar-refractivity contribution is 5.95. The summed E-state index contributed by atoms with van der Waals surface area (Å²) in [5.41, 5.74) is 5.18. The van der Waals surface area contributed by atoms with E-state index in [-0.39, 0.29) is 18.1 Å². The zero-order valence-corrected chi connectivity index (χ0v) is 16.1. The topological polar surface area (TPSA) is 48.9 Å². The molecule has 1 aliphatic rings. The maximum Gasteiger partial charge on any atom is 0.205 e. The maximum atomic E-state index is 14.4. The number of nitrogens with zero attached hydrogens (tertiary/aromatic N) is 2. The van der Waals surface area contributed by atoms with Gasteiger partial charge in [-0.15, -0.1) is 0 Å². The van der Waals surface area contributed by atoms with Crippen molar-refractivity contribution < 1.29 is 22.4 Å². The molecule has 0 saturated carbocycles. The molecule has 0 saturated heterocycles. The highest BCUT2D eigenvalue weighted by Gasteiger charge is 2.25. The molecular weight excluding hydrogens is 388 g/mol. The van der Waals surface area contributed by atoms with Crippen LogP contribution >= 0.6 is 0 Å². The van der Waals surface area contributed by atoms with E-state index in [9.17, 15) is 17.6 Å². The van der Waals surface area contributed by atoms with Gasteiger partial charge in [0.05, 0.1) is 13.7 Å². The largest absolute Gasteiger partial charge is 0.326 e. The van der Waals surface area contributed by atoms with Crippen molar-refractivity contribution in [2.75, 3.05) is 12.4 Å². The molecule has 1 atom stereocenters. The molecule has 5 nitrogen and oxygen atoms in total. The molecule has 0 aliphatic carbocycles. The van der Waals surface area contributed by atoms with Crippen molar-refractivity contribution >= 4 is 11.6 Å². The molecule has 2 aromatic rings. The fourth-order valence-electron chi connectivity index (χ4n) is 2.84. The van der Waals surface area contributed by atoms with E-state index in [2.05, 4.69) is 15.8 Å². The molecule has 0 spiro atoms. The van der Waals surface area contributed by atoms with Gasteiger partial charge >= 0.3 is 0 Å². The van der Waals surface area contributed by atoms with Gasteiger partial charge < -0.3 is 15.1 Å². The number of anilines is 1.